The summed E-state index contributed by atoms with van der Waals surface area (Å²) < 4.78 is 1.85. The molecule has 0 radical (unpaired) electrons. The van der Waals surface area contributed by atoms with Crippen molar-refractivity contribution in [2.75, 3.05) is 5.32 Å². The molecule has 27 heavy (non-hydrogen) atoms. The molecule has 1 amide bonds. The number of Topliss-reactive ketones (excluding diaryl/α,β-unsaturated/α-hetero) is 1. The summed E-state index contributed by atoms with van der Waals surface area (Å²) in [4.78, 5) is 26.0. The monoisotopic (exact) mass is 381 g/mol. The van der Waals surface area contributed by atoms with Gasteiger partial charge in [-0.1, -0.05) is 0 Å². The Kier molecular flexibility index (Phi) is 4.81. The summed E-state index contributed by atoms with van der Waals surface area (Å²) in [5.41, 5.74) is 1.60. The van der Waals surface area contributed by atoms with Gasteiger partial charge < -0.3 is 5.32 Å². The third kappa shape index (κ3) is 4.11. The molecular formula is C19H19N5O2S. The number of ketones is 1. The third-order valence-corrected chi connectivity index (χ3v) is 5.45. The van der Waals surface area contributed by atoms with Crippen molar-refractivity contribution in [3.05, 3.63) is 46.2 Å². The first-order chi connectivity index (χ1) is 13.1. The Morgan fingerprint density at radius 1 is 1.15 bits per heavy atom. The number of carbonyl (C=O) groups is 2. The molecule has 8 heteroatoms. The molecule has 1 aliphatic rings. The van der Waals surface area contributed by atoms with E-state index in [0.29, 0.717) is 16.6 Å². The number of carbonyl (C=O) groups excluding carboxylic acids is 2. The van der Waals surface area contributed by atoms with Crippen LogP contribution in [-0.4, -0.2) is 31.9 Å². The van der Waals surface area contributed by atoms with Gasteiger partial charge in [0.1, 0.15) is 0 Å². The van der Waals surface area contributed by atoms with Crippen LogP contribution in [0.15, 0.2) is 36.4 Å². The highest BCUT2D eigenvalue weighted by Gasteiger charge is 2.28. The van der Waals surface area contributed by atoms with Gasteiger partial charge in [-0.25, -0.2) is 4.68 Å². The number of rotatable bonds is 7. The normalized spacial score (nSPS) is 13.5. The van der Waals surface area contributed by atoms with E-state index >= 15 is 0 Å². The lowest BCUT2D eigenvalue weighted by molar-refractivity contribution is -0.116. The SMILES string of the molecule is Cc1ccc(C(=O)CCC(=O)Nc2ccc(-c3nnnn3C3CC3)cc2)s1. The summed E-state index contributed by atoms with van der Waals surface area (Å²) in [6.07, 6.45) is 2.59. The van der Waals surface area contributed by atoms with Gasteiger partial charge >= 0.3 is 0 Å². The van der Waals surface area contributed by atoms with Gasteiger partial charge in [-0.2, -0.15) is 0 Å². The molecule has 0 aliphatic heterocycles. The first-order valence-electron chi connectivity index (χ1n) is 8.88. The molecule has 0 unspecified atom stereocenters. The van der Waals surface area contributed by atoms with Crippen molar-refractivity contribution < 1.29 is 9.59 Å². The van der Waals surface area contributed by atoms with Crippen LogP contribution < -0.4 is 5.32 Å². The number of benzene rings is 1. The number of nitrogens with zero attached hydrogens (tertiary/aromatic N) is 4. The third-order valence-electron chi connectivity index (χ3n) is 4.41. The minimum atomic E-state index is -0.174. The summed E-state index contributed by atoms with van der Waals surface area (Å²) >= 11 is 1.46. The molecule has 0 saturated heterocycles. The number of tetrazole rings is 1. The number of anilines is 1. The zero-order chi connectivity index (χ0) is 18.8. The summed E-state index contributed by atoms with van der Waals surface area (Å²) in [6.45, 7) is 1.96. The number of aromatic nitrogens is 4. The maximum Gasteiger partial charge on any atom is 0.224 e. The Hall–Kier alpha value is -2.87. The largest absolute Gasteiger partial charge is 0.326 e. The highest BCUT2D eigenvalue weighted by atomic mass is 32.1. The second-order valence-electron chi connectivity index (χ2n) is 6.64. The highest BCUT2D eigenvalue weighted by molar-refractivity contribution is 7.14. The molecule has 7 nitrogen and oxygen atoms in total. The average Bonchev–Trinajstić information content (AvgIpc) is 3.22. The van der Waals surface area contributed by atoms with Crippen LogP contribution in [0.5, 0.6) is 0 Å². The number of amides is 1. The summed E-state index contributed by atoms with van der Waals surface area (Å²) in [5, 5.41) is 14.7. The van der Waals surface area contributed by atoms with Gasteiger partial charge in [0.2, 0.25) is 5.91 Å². The Labute approximate surface area is 160 Å². The number of hydrogen-bond acceptors (Lipinski definition) is 6. The first kappa shape index (κ1) is 17.5. The van der Waals surface area contributed by atoms with Crippen LogP contribution in [0.4, 0.5) is 5.69 Å². The van der Waals surface area contributed by atoms with E-state index in [-0.39, 0.29) is 24.5 Å². The van der Waals surface area contributed by atoms with E-state index in [2.05, 4.69) is 20.8 Å². The van der Waals surface area contributed by atoms with E-state index in [9.17, 15) is 9.59 Å². The van der Waals surface area contributed by atoms with E-state index in [4.69, 9.17) is 0 Å². The van der Waals surface area contributed by atoms with Gasteiger partial charge in [-0.05, 0) is 66.6 Å². The second-order valence-corrected chi connectivity index (χ2v) is 7.93. The van der Waals surface area contributed by atoms with Crippen molar-refractivity contribution in [2.24, 2.45) is 0 Å². The van der Waals surface area contributed by atoms with Crippen LogP contribution in [-0.2, 0) is 4.79 Å². The molecule has 1 aliphatic carbocycles. The van der Waals surface area contributed by atoms with Crippen molar-refractivity contribution in [3.8, 4) is 11.4 Å². The minimum Gasteiger partial charge on any atom is -0.326 e. The van der Waals surface area contributed by atoms with E-state index in [0.717, 1.165) is 29.1 Å². The number of thiophene rings is 1. The van der Waals surface area contributed by atoms with Crippen LogP contribution >= 0.6 is 11.3 Å². The maximum absolute atomic E-state index is 12.1. The Bertz CT molecular complexity index is 972. The van der Waals surface area contributed by atoms with Gasteiger partial charge in [0.05, 0.1) is 10.9 Å². The number of nitrogens with one attached hydrogen (secondary N) is 1. The van der Waals surface area contributed by atoms with Gasteiger partial charge in [0.15, 0.2) is 11.6 Å². The lowest BCUT2D eigenvalue weighted by Gasteiger charge is -2.06. The molecule has 4 rings (SSSR count). The molecule has 1 aromatic carbocycles. The fourth-order valence-electron chi connectivity index (χ4n) is 2.81. The second kappa shape index (κ2) is 7.40. The molecule has 138 valence electrons. The van der Waals surface area contributed by atoms with Crippen LogP contribution in [0.1, 0.15) is 46.3 Å². The molecule has 2 heterocycles. The van der Waals surface area contributed by atoms with Gasteiger partial charge in [-0.15, -0.1) is 16.4 Å². The lowest BCUT2D eigenvalue weighted by atomic mass is 10.1. The Balaban J connectivity index is 1.33. The summed E-state index contributed by atoms with van der Waals surface area (Å²) in [6, 6.07) is 11.6. The molecule has 1 saturated carbocycles. The first-order valence-corrected chi connectivity index (χ1v) is 9.69. The zero-order valence-electron chi connectivity index (χ0n) is 14.9. The predicted octanol–water partition coefficient (Wildman–Crippen LogP) is 3.65. The summed E-state index contributed by atoms with van der Waals surface area (Å²) in [5.74, 6) is 0.574. The minimum absolute atomic E-state index is 0.00510. The molecule has 0 bridgehead atoms. The van der Waals surface area contributed by atoms with E-state index in [1.807, 2.05) is 48.0 Å². The smallest absolute Gasteiger partial charge is 0.224 e. The van der Waals surface area contributed by atoms with Crippen LogP contribution in [0, 0.1) is 6.92 Å². The average molecular weight is 381 g/mol. The topological polar surface area (TPSA) is 89.8 Å². The van der Waals surface area contributed by atoms with Gasteiger partial charge in [-0.3, -0.25) is 9.59 Å². The quantitative estimate of drug-likeness (QED) is 0.631. The maximum atomic E-state index is 12.1. The molecule has 1 N–H and O–H groups in total. The van der Waals surface area contributed by atoms with Crippen molar-refractivity contribution in [1.82, 2.24) is 20.2 Å². The fraction of sp³-hybridized carbons (Fsp3) is 0.316. The molecule has 3 aromatic rings. The van der Waals surface area contributed by atoms with Gasteiger partial charge in [0, 0.05) is 29.0 Å². The predicted molar refractivity (Wildman–Crippen MR) is 103 cm³/mol. The van der Waals surface area contributed by atoms with Crippen LogP contribution in [0.2, 0.25) is 0 Å². The molecule has 1 fully saturated rings. The lowest BCUT2D eigenvalue weighted by Crippen LogP contribution is -2.13. The van der Waals surface area contributed by atoms with Gasteiger partial charge in [0.25, 0.3) is 0 Å². The Morgan fingerprint density at radius 2 is 1.93 bits per heavy atom. The molecule has 0 atom stereocenters. The van der Waals surface area contributed by atoms with E-state index in [1.54, 1.807) is 0 Å². The zero-order valence-corrected chi connectivity index (χ0v) is 15.7. The number of hydrogen-bond donors (Lipinski definition) is 1. The summed E-state index contributed by atoms with van der Waals surface area (Å²) in [7, 11) is 0. The Morgan fingerprint density at radius 3 is 2.59 bits per heavy atom. The van der Waals surface area contributed by atoms with E-state index in [1.165, 1.54) is 11.3 Å². The van der Waals surface area contributed by atoms with Crippen molar-refractivity contribution in [1.29, 1.82) is 0 Å². The van der Waals surface area contributed by atoms with E-state index < -0.39 is 0 Å². The number of aryl methyl sites for hydroxylation is 1. The highest BCUT2D eigenvalue weighted by Crippen LogP contribution is 2.36. The standard InChI is InChI=1S/C19H19N5O2S/c1-12-2-10-17(27-12)16(25)9-11-18(26)20-14-5-3-13(4-6-14)19-21-22-23-24(19)15-7-8-15/h2-6,10,15H,7-9,11H2,1H3,(H,20,26). The van der Waals surface area contributed by atoms with Crippen LogP contribution in [0.3, 0.4) is 0 Å². The fourth-order valence-corrected chi connectivity index (χ4v) is 3.64. The van der Waals surface area contributed by atoms with Crippen molar-refractivity contribution in [3.63, 3.8) is 0 Å². The molecular weight excluding hydrogens is 362 g/mol. The molecule has 0 spiro atoms. The molecule has 2 aromatic heterocycles. The van der Waals surface area contributed by atoms with Crippen LogP contribution in [0.25, 0.3) is 11.4 Å². The van der Waals surface area contributed by atoms with Crippen molar-refractivity contribution in [2.45, 2.75) is 38.6 Å². The van der Waals surface area contributed by atoms with Crippen molar-refractivity contribution >= 4 is 28.7 Å².